The van der Waals surface area contributed by atoms with Gasteiger partial charge in [0, 0.05) is 37.1 Å². The van der Waals surface area contributed by atoms with Gasteiger partial charge in [0.15, 0.2) is 5.65 Å². The van der Waals surface area contributed by atoms with Crippen molar-refractivity contribution >= 4 is 16.9 Å². The van der Waals surface area contributed by atoms with Gasteiger partial charge in [-0.3, -0.25) is 4.68 Å². The molecule has 3 aromatic heterocycles. The molecule has 4 rings (SSSR count). The summed E-state index contributed by atoms with van der Waals surface area (Å²) in [5.41, 5.74) is 3.14. The number of rotatable bonds is 2. The van der Waals surface area contributed by atoms with Gasteiger partial charge in [-0.15, -0.1) is 0 Å². The molecule has 0 N–H and O–H groups in total. The van der Waals surface area contributed by atoms with Crippen molar-refractivity contribution in [1.29, 1.82) is 0 Å². The van der Waals surface area contributed by atoms with Crippen LogP contribution in [0.4, 0.5) is 5.82 Å². The number of fused-ring (bicyclic) bond motifs is 1. The van der Waals surface area contributed by atoms with Gasteiger partial charge in [0.05, 0.1) is 11.4 Å². The Balaban J connectivity index is 1.70. The zero-order chi connectivity index (χ0) is 16.7. The van der Waals surface area contributed by atoms with Crippen LogP contribution in [0.3, 0.4) is 0 Å². The minimum atomic E-state index is 0.00949. The number of aromatic nitrogens is 5. The molecule has 0 amide bonds. The highest BCUT2D eigenvalue weighted by Crippen LogP contribution is 2.35. The molecular weight excluding hydrogens is 300 g/mol. The van der Waals surface area contributed by atoms with Gasteiger partial charge in [-0.05, 0) is 38.0 Å². The van der Waals surface area contributed by atoms with Crippen LogP contribution in [0.5, 0.6) is 0 Å². The smallest absolute Gasteiger partial charge is 0.158 e. The summed E-state index contributed by atoms with van der Waals surface area (Å²) in [6.07, 6.45) is 5.68. The summed E-state index contributed by atoms with van der Waals surface area (Å²) in [4.78, 5) is 15.7. The van der Waals surface area contributed by atoms with E-state index in [1.54, 1.807) is 12.5 Å². The van der Waals surface area contributed by atoms with E-state index >= 15 is 0 Å². The van der Waals surface area contributed by atoms with Crippen LogP contribution in [0.25, 0.3) is 11.0 Å². The van der Waals surface area contributed by atoms with E-state index in [0.717, 1.165) is 54.2 Å². The maximum atomic E-state index is 4.96. The Hall–Kier alpha value is -2.50. The van der Waals surface area contributed by atoms with Crippen LogP contribution in [0, 0.1) is 6.92 Å². The van der Waals surface area contributed by atoms with Crippen molar-refractivity contribution in [2.75, 3.05) is 18.0 Å². The van der Waals surface area contributed by atoms with E-state index in [9.17, 15) is 0 Å². The Morgan fingerprint density at radius 2 is 2.08 bits per heavy atom. The molecule has 0 radical (unpaired) electrons. The molecule has 6 nitrogen and oxygen atoms in total. The fourth-order valence-electron chi connectivity index (χ4n) is 3.75. The van der Waals surface area contributed by atoms with Crippen LogP contribution in [0.1, 0.15) is 31.2 Å². The Labute approximate surface area is 141 Å². The van der Waals surface area contributed by atoms with Crippen LogP contribution >= 0.6 is 0 Å². The standard InChI is InChI=1S/C18H22N6/c1-13-14-5-6-15(21-17(14)23(3)22-13)18(2)8-4-10-24(11-18)16-7-9-19-12-20-16/h5-7,9,12H,4,8,10-11H2,1-3H3. The molecule has 1 unspecified atom stereocenters. The summed E-state index contributed by atoms with van der Waals surface area (Å²) in [6, 6.07) is 6.31. The molecule has 0 bridgehead atoms. The van der Waals surface area contributed by atoms with Crippen LogP contribution in [-0.4, -0.2) is 37.8 Å². The topological polar surface area (TPSA) is 59.7 Å². The molecule has 1 aliphatic rings. The Kier molecular flexibility index (Phi) is 3.48. The second-order valence-corrected chi connectivity index (χ2v) is 6.93. The molecule has 0 aromatic carbocycles. The molecule has 3 aromatic rings. The Morgan fingerprint density at radius 3 is 2.88 bits per heavy atom. The van der Waals surface area contributed by atoms with Crippen molar-refractivity contribution in [1.82, 2.24) is 24.7 Å². The lowest BCUT2D eigenvalue weighted by atomic mass is 9.78. The molecule has 1 saturated heterocycles. The lowest BCUT2D eigenvalue weighted by molar-refractivity contribution is 0.364. The van der Waals surface area contributed by atoms with Crippen molar-refractivity contribution in [3.05, 3.63) is 42.1 Å². The highest BCUT2D eigenvalue weighted by Gasteiger charge is 2.34. The van der Waals surface area contributed by atoms with Crippen LogP contribution in [0.15, 0.2) is 30.7 Å². The maximum Gasteiger partial charge on any atom is 0.158 e. The number of hydrogen-bond acceptors (Lipinski definition) is 5. The average Bonchev–Trinajstić information content (AvgIpc) is 2.90. The van der Waals surface area contributed by atoms with E-state index in [2.05, 4.69) is 39.0 Å². The monoisotopic (exact) mass is 322 g/mol. The first-order chi connectivity index (χ1) is 11.6. The third-order valence-corrected chi connectivity index (χ3v) is 5.08. The first-order valence-electron chi connectivity index (χ1n) is 8.39. The maximum absolute atomic E-state index is 4.96. The molecule has 0 spiro atoms. The highest BCUT2D eigenvalue weighted by atomic mass is 15.3. The molecule has 1 atom stereocenters. The van der Waals surface area contributed by atoms with Crippen LogP contribution in [0.2, 0.25) is 0 Å². The van der Waals surface area contributed by atoms with Crippen molar-refractivity contribution in [3.63, 3.8) is 0 Å². The molecule has 0 saturated carbocycles. The summed E-state index contributed by atoms with van der Waals surface area (Å²) in [6.45, 7) is 6.28. The lowest BCUT2D eigenvalue weighted by Gasteiger charge is -2.40. The summed E-state index contributed by atoms with van der Waals surface area (Å²) < 4.78 is 1.88. The van der Waals surface area contributed by atoms with E-state index in [4.69, 9.17) is 4.98 Å². The van der Waals surface area contributed by atoms with Crippen molar-refractivity contribution in [3.8, 4) is 0 Å². The number of aryl methyl sites for hydroxylation is 2. The van der Waals surface area contributed by atoms with Gasteiger partial charge < -0.3 is 4.90 Å². The first kappa shape index (κ1) is 15.1. The molecular formula is C18H22N6. The zero-order valence-corrected chi connectivity index (χ0v) is 14.4. The predicted octanol–water partition coefficient (Wildman–Crippen LogP) is 2.62. The van der Waals surface area contributed by atoms with Crippen LogP contribution < -0.4 is 4.90 Å². The van der Waals surface area contributed by atoms with E-state index in [1.807, 2.05) is 24.7 Å². The van der Waals surface area contributed by atoms with Gasteiger partial charge in [-0.1, -0.05) is 6.92 Å². The largest absolute Gasteiger partial charge is 0.356 e. The summed E-state index contributed by atoms with van der Waals surface area (Å²) in [7, 11) is 1.96. The molecule has 1 aliphatic heterocycles. The second kappa shape index (κ2) is 5.54. The number of hydrogen-bond donors (Lipinski definition) is 0. The number of nitrogens with zero attached hydrogens (tertiary/aromatic N) is 6. The third-order valence-electron chi connectivity index (χ3n) is 5.08. The van der Waals surface area contributed by atoms with Crippen molar-refractivity contribution in [2.24, 2.45) is 7.05 Å². The second-order valence-electron chi connectivity index (χ2n) is 6.93. The summed E-state index contributed by atoms with van der Waals surface area (Å²) in [5, 5.41) is 5.62. The van der Waals surface area contributed by atoms with Crippen LogP contribution in [-0.2, 0) is 12.5 Å². The van der Waals surface area contributed by atoms with E-state index in [-0.39, 0.29) is 5.41 Å². The third kappa shape index (κ3) is 2.42. The Bertz CT molecular complexity index is 872. The Morgan fingerprint density at radius 1 is 1.21 bits per heavy atom. The predicted molar refractivity (Wildman–Crippen MR) is 94.1 cm³/mol. The minimum Gasteiger partial charge on any atom is -0.356 e. The molecule has 124 valence electrons. The molecule has 0 aliphatic carbocycles. The number of pyridine rings is 1. The first-order valence-corrected chi connectivity index (χ1v) is 8.39. The van der Waals surface area contributed by atoms with Crippen molar-refractivity contribution in [2.45, 2.75) is 32.1 Å². The molecule has 4 heterocycles. The SMILES string of the molecule is Cc1nn(C)c2nc(C3(C)CCCN(c4ccncn4)C3)ccc12. The molecule has 1 fully saturated rings. The van der Waals surface area contributed by atoms with E-state index in [0.29, 0.717) is 0 Å². The molecule has 24 heavy (non-hydrogen) atoms. The average molecular weight is 322 g/mol. The normalized spacial score (nSPS) is 21.4. The van der Waals surface area contributed by atoms with Gasteiger partial charge in [0.25, 0.3) is 0 Å². The minimum absolute atomic E-state index is 0.00949. The summed E-state index contributed by atoms with van der Waals surface area (Å²) in [5.74, 6) is 0.994. The van der Waals surface area contributed by atoms with Gasteiger partial charge in [-0.2, -0.15) is 5.10 Å². The number of piperidine rings is 1. The zero-order valence-electron chi connectivity index (χ0n) is 14.4. The van der Waals surface area contributed by atoms with Gasteiger partial charge in [-0.25, -0.2) is 15.0 Å². The van der Waals surface area contributed by atoms with E-state index in [1.165, 1.54) is 0 Å². The lowest BCUT2D eigenvalue weighted by Crippen LogP contribution is -2.45. The van der Waals surface area contributed by atoms with Gasteiger partial charge in [0.2, 0.25) is 0 Å². The number of anilines is 1. The summed E-state index contributed by atoms with van der Waals surface area (Å²) >= 11 is 0. The fourth-order valence-corrected chi connectivity index (χ4v) is 3.75. The van der Waals surface area contributed by atoms with Gasteiger partial charge in [0.1, 0.15) is 12.1 Å². The van der Waals surface area contributed by atoms with Gasteiger partial charge >= 0.3 is 0 Å². The van der Waals surface area contributed by atoms with Crippen molar-refractivity contribution < 1.29 is 0 Å². The quantitative estimate of drug-likeness (QED) is 0.726. The van der Waals surface area contributed by atoms with E-state index < -0.39 is 0 Å². The molecule has 6 heteroatoms. The fraction of sp³-hybridized carbons (Fsp3) is 0.444. The highest BCUT2D eigenvalue weighted by molar-refractivity contribution is 5.78.